The molecule has 2 atom stereocenters. The average molecular weight is 504 g/mol. The Kier molecular flexibility index (Phi) is 7.99. The maximum atomic E-state index is 13.1. The second-order valence-electron chi connectivity index (χ2n) is 9.30. The number of carbonyl (C=O) groups excluding carboxylic acids is 2. The summed E-state index contributed by atoms with van der Waals surface area (Å²) in [5.41, 5.74) is 5.29. The fourth-order valence-corrected chi connectivity index (χ4v) is 5.51. The third-order valence-electron chi connectivity index (χ3n) is 6.57. The highest BCUT2D eigenvalue weighted by Crippen LogP contribution is 2.45. The number of hydrogen-bond acceptors (Lipinski definition) is 6. The zero-order valence-corrected chi connectivity index (χ0v) is 22.3. The van der Waals surface area contributed by atoms with E-state index in [2.05, 4.69) is 43.4 Å². The number of thioether (sulfide) groups is 1. The predicted molar refractivity (Wildman–Crippen MR) is 145 cm³/mol. The molecule has 2 aliphatic rings. The molecule has 1 N–H and O–H groups in total. The first-order valence-electron chi connectivity index (χ1n) is 12.3. The van der Waals surface area contributed by atoms with Crippen LogP contribution in [-0.4, -0.2) is 29.1 Å². The number of methoxy groups -OCH3 is 1. The molecule has 7 heteroatoms. The fourth-order valence-electron chi connectivity index (χ4n) is 4.57. The molecule has 1 amide bonds. The SMILES string of the molecule is CCC1=C(C(=O)OC)[C@@H](c2ccc(C(C)C)cc2)N2C(CC(=O)N[C@H](C)c3ccccc3)=CSC2=N1. The van der Waals surface area contributed by atoms with Gasteiger partial charge < -0.3 is 15.0 Å². The number of amides is 1. The van der Waals surface area contributed by atoms with E-state index in [0.29, 0.717) is 17.9 Å². The van der Waals surface area contributed by atoms with E-state index in [1.165, 1.54) is 24.4 Å². The maximum absolute atomic E-state index is 13.1. The van der Waals surface area contributed by atoms with E-state index >= 15 is 0 Å². The van der Waals surface area contributed by atoms with Crippen molar-refractivity contribution >= 4 is 28.8 Å². The molecule has 0 aliphatic carbocycles. The van der Waals surface area contributed by atoms with Gasteiger partial charge in [-0.3, -0.25) is 4.79 Å². The van der Waals surface area contributed by atoms with Gasteiger partial charge in [0.15, 0.2) is 5.17 Å². The number of aliphatic imine (C=N–C) groups is 1. The van der Waals surface area contributed by atoms with Gasteiger partial charge in [-0.15, -0.1) is 0 Å². The van der Waals surface area contributed by atoms with Crippen molar-refractivity contribution in [2.75, 3.05) is 7.11 Å². The zero-order valence-electron chi connectivity index (χ0n) is 21.4. The number of fused-ring (bicyclic) bond motifs is 1. The van der Waals surface area contributed by atoms with Crippen molar-refractivity contribution in [3.63, 3.8) is 0 Å². The molecule has 36 heavy (non-hydrogen) atoms. The summed E-state index contributed by atoms with van der Waals surface area (Å²) in [7, 11) is 1.40. The van der Waals surface area contributed by atoms with Crippen LogP contribution in [0, 0.1) is 0 Å². The highest BCUT2D eigenvalue weighted by Gasteiger charge is 2.41. The van der Waals surface area contributed by atoms with Crippen LogP contribution in [0.4, 0.5) is 0 Å². The van der Waals surface area contributed by atoms with Gasteiger partial charge in [0.1, 0.15) is 0 Å². The van der Waals surface area contributed by atoms with Crippen molar-refractivity contribution in [3.05, 3.63) is 93.7 Å². The molecule has 0 aromatic heterocycles. The smallest absolute Gasteiger partial charge is 0.338 e. The highest BCUT2D eigenvalue weighted by atomic mass is 32.2. The summed E-state index contributed by atoms with van der Waals surface area (Å²) in [4.78, 5) is 32.9. The van der Waals surface area contributed by atoms with E-state index in [0.717, 1.165) is 27.7 Å². The van der Waals surface area contributed by atoms with Crippen LogP contribution < -0.4 is 5.32 Å². The van der Waals surface area contributed by atoms with E-state index in [4.69, 9.17) is 9.73 Å². The second kappa shape index (κ2) is 11.2. The van der Waals surface area contributed by atoms with Gasteiger partial charge in [0.05, 0.1) is 36.9 Å². The second-order valence-corrected chi connectivity index (χ2v) is 10.1. The van der Waals surface area contributed by atoms with Gasteiger partial charge in [0, 0.05) is 5.70 Å². The van der Waals surface area contributed by atoms with Crippen LogP contribution in [0.15, 0.2) is 82.0 Å². The summed E-state index contributed by atoms with van der Waals surface area (Å²) >= 11 is 1.49. The predicted octanol–water partition coefficient (Wildman–Crippen LogP) is 6.22. The molecule has 2 aliphatic heterocycles. The van der Waals surface area contributed by atoms with Crippen LogP contribution in [0.2, 0.25) is 0 Å². The quantitative estimate of drug-likeness (QED) is 0.433. The van der Waals surface area contributed by atoms with Gasteiger partial charge in [-0.1, -0.05) is 87.1 Å². The number of allylic oxidation sites excluding steroid dienone is 1. The number of benzene rings is 2. The molecule has 0 saturated heterocycles. The Morgan fingerprint density at radius 3 is 2.36 bits per heavy atom. The molecule has 4 rings (SSSR count). The fraction of sp³-hybridized carbons (Fsp3) is 0.345. The summed E-state index contributed by atoms with van der Waals surface area (Å²) in [6.07, 6.45) is 0.785. The molecule has 0 saturated carbocycles. The third kappa shape index (κ3) is 5.26. The largest absolute Gasteiger partial charge is 0.466 e. The number of carbonyl (C=O) groups is 2. The number of nitrogens with one attached hydrogen (secondary N) is 1. The Morgan fingerprint density at radius 2 is 1.75 bits per heavy atom. The summed E-state index contributed by atoms with van der Waals surface area (Å²) in [5.74, 6) is -0.0818. The molecular weight excluding hydrogens is 470 g/mol. The summed E-state index contributed by atoms with van der Waals surface area (Å²) < 4.78 is 5.20. The van der Waals surface area contributed by atoms with Crippen molar-refractivity contribution in [1.82, 2.24) is 10.2 Å². The lowest BCUT2D eigenvalue weighted by Gasteiger charge is -2.36. The number of ether oxygens (including phenoxy) is 1. The molecule has 188 valence electrons. The molecule has 6 nitrogen and oxygen atoms in total. The Bertz CT molecular complexity index is 1220. The number of rotatable bonds is 8. The van der Waals surface area contributed by atoms with Gasteiger partial charge in [0.25, 0.3) is 0 Å². The normalized spacial score (nSPS) is 17.9. The molecule has 2 aromatic rings. The minimum atomic E-state index is -0.415. The van der Waals surface area contributed by atoms with Gasteiger partial charge in [-0.2, -0.15) is 0 Å². The summed E-state index contributed by atoms with van der Waals surface area (Å²) in [6.45, 7) is 8.28. The lowest BCUT2D eigenvalue weighted by molar-refractivity contribution is -0.136. The standard InChI is InChI=1S/C29H33N3O3S/c1-6-24-26(28(34)35-5)27(22-14-12-20(13-15-22)18(2)3)32-23(17-36-29(32)31-24)16-25(33)30-19(4)21-10-8-7-9-11-21/h7-15,17-19,27H,6,16H2,1-5H3,(H,30,33)/t19-,27-/m1/s1. The van der Waals surface area contributed by atoms with E-state index in [-0.39, 0.29) is 18.4 Å². The summed E-state index contributed by atoms with van der Waals surface area (Å²) in [5, 5.41) is 5.84. The Morgan fingerprint density at radius 1 is 1.06 bits per heavy atom. The van der Waals surface area contributed by atoms with Crippen LogP contribution in [0.25, 0.3) is 0 Å². The van der Waals surface area contributed by atoms with Crippen molar-refractivity contribution < 1.29 is 14.3 Å². The Labute approximate surface area is 217 Å². The van der Waals surface area contributed by atoms with E-state index in [9.17, 15) is 9.59 Å². The Balaban J connectivity index is 1.65. The van der Waals surface area contributed by atoms with Crippen LogP contribution in [0.1, 0.15) is 75.2 Å². The van der Waals surface area contributed by atoms with E-state index in [1.807, 2.05) is 54.5 Å². The van der Waals surface area contributed by atoms with E-state index in [1.54, 1.807) is 0 Å². The molecule has 0 spiro atoms. The minimum Gasteiger partial charge on any atom is -0.466 e. The molecule has 0 radical (unpaired) electrons. The first kappa shape index (κ1) is 25.8. The van der Waals surface area contributed by atoms with Crippen LogP contribution in [0.3, 0.4) is 0 Å². The monoisotopic (exact) mass is 503 g/mol. The van der Waals surface area contributed by atoms with Crippen molar-refractivity contribution in [2.24, 2.45) is 4.99 Å². The highest BCUT2D eigenvalue weighted by molar-refractivity contribution is 8.16. The van der Waals surface area contributed by atoms with Gasteiger partial charge in [-0.05, 0) is 41.4 Å². The van der Waals surface area contributed by atoms with Crippen molar-refractivity contribution in [1.29, 1.82) is 0 Å². The first-order valence-corrected chi connectivity index (χ1v) is 13.2. The molecule has 0 fully saturated rings. The summed E-state index contributed by atoms with van der Waals surface area (Å²) in [6, 6.07) is 17.7. The van der Waals surface area contributed by atoms with E-state index < -0.39 is 12.0 Å². The lowest BCUT2D eigenvalue weighted by Crippen LogP contribution is -2.38. The topological polar surface area (TPSA) is 71.0 Å². The molecule has 2 aromatic carbocycles. The van der Waals surface area contributed by atoms with Crippen LogP contribution in [0.5, 0.6) is 0 Å². The first-order chi connectivity index (χ1) is 17.3. The molecule has 0 bridgehead atoms. The van der Waals surface area contributed by atoms with Gasteiger partial charge >= 0.3 is 5.97 Å². The van der Waals surface area contributed by atoms with Crippen molar-refractivity contribution in [2.45, 2.75) is 58.5 Å². The molecular formula is C29H33N3O3S. The van der Waals surface area contributed by atoms with Crippen molar-refractivity contribution in [3.8, 4) is 0 Å². The average Bonchev–Trinajstić information content (AvgIpc) is 3.29. The zero-order chi connectivity index (χ0) is 25.8. The lowest BCUT2D eigenvalue weighted by atomic mass is 9.91. The maximum Gasteiger partial charge on any atom is 0.338 e. The number of hydrogen-bond donors (Lipinski definition) is 1. The number of nitrogens with zero attached hydrogens (tertiary/aromatic N) is 2. The number of amidine groups is 1. The Hall–Kier alpha value is -3.32. The van der Waals surface area contributed by atoms with Gasteiger partial charge in [0.2, 0.25) is 5.91 Å². The number of esters is 1. The minimum absolute atomic E-state index is 0.0850. The van der Waals surface area contributed by atoms with Gasteiger partial charge in [-0.25, -0.2) is 9.79 Å². The third-order valence-corrected chi connectivity index (χ3v) is 7.46. The van der Waals surface area contributed by atoms with Crippen LogP contribution in [-0.2, 0) is 14.3 Å². The van der Waals surface area contributed by atoms with Crippen LogP contribution >= 0.6 is 11.8 Å². The molecule has 2 heterocycles. The molecule has 0 unspecified atom stereocenters.